The van der Waals surface area contributed by atoms with Crippen molar-refractivity contribution in [2.24, 2.45) is 0 Å². The summed E-state index contributed by atoms with van der Waals surface area (Å²) in [5, 5.41) is 12.7. The van der Waals surface area contributed by atoms with Gasteiger partial charge >= 0.3 is 0 Å². The summed E-state index contributed by atoms with van der Waals surface area (Å²) in [5.41, 5.74) is 7.32. The van der Waals surface area contributed by atoms with Crippen LogP contribution in [0.3, 0.4) is 0 Å². The quantitative estimate of drug-likeness (QED) is 0.444. The first-order chi connectivity index (χ1) is 17.1. The lowest BCUT2D eigenvalue weighted by Crippen LogP contribution is -2.36. The largest absolute Gasteiger partial charge is 0.376 e. The average Bonchev–Trinajstić information content (AvgIpc) is 3.51. The molecule has 1 saturated carbocycles. The highest BCUT2D eigenvalue weighted by Gasteiger charge is 2.28. The van der Waals surface area contributed by atoms with Crippen molar-refractivity contribution in [1.29, 1.82) is 0 Å². The molecule has 6 rings (SSSR count). The second-order valence-electron chi connectivity index (χ2n) is 10.1. The average molecular weight is 492 g/mol. The highest BCUT2D eigenvalue weighted by atomic mass is 35.5. The maximum Gasteiger partial charge on any atom is 0.146 e. The fourth-order valence-electron chi connectivity index (χ4n) is 6.06. The third kappa shape index (κ3) is 4.38. The molecule has 0 bridgehead atoms. The van der Waals surface area contributed by atoms with Gasteiger partial charge in [-0.05, 0) is 73.6 Å². The fourth-order valence-corrected chi connectivity index (χ4v) is 6.23. The summed E-state index contributed by atoms with van der Waals surface area (Å²) in [7, 11) is 0. The van der Waals surface area contributed by atoms with E-state index in [0.29, 0.717) is 17.3 Å². The van der Waals surface area contributed by atoms with Crippen LogP contribution >= 0.6 is 11.6 Å². The topological polar surface area (TPSA) is 46.0 Å². The lowest BCUT2D eigenvalue weighted by Gasteiger charge is -2.32. The molecule has 2 aromatic carbocycles. The minimum atomic E-state index is -0.297. The zero-order chi connectivity index (χ0) is 23.9. The molecule has 5 nitrogen and oxygen atoms in total. The van der Waals surface area contributed by atoms with E-state index in [-0.39, 0.29) is 11.9 Å². The molecule has 7 heteroatoms. The Morgan fingerprint density at radius 3 is 2.71 bits per heavy atom. The molecule has 3 heterocycles. The van der Waals surface area contributed by atoms with E-state index in [4.69, 9.17) is 11.6 Å². The molecule has 182 valence electrons. The van der Waals surface area contributed by atoms with Crippen LogP contribution in [0.25, 0.3) is 16.8 Å². The molecule has 1 atom stereocenters. The predicted octanol–water partition coefficient (Wildman–Crippen LogP) is 6.63. The smallest absolute Gasteiger partial charge is 0.146 e. The van der Waals surface area contributed by atoms with Gasteiger partial charge in [0, 0.05) is 36.3 Å². The SMILES string of the molecule is Cc1nnn2c1-c1ccc(C3=CCN(C4CCCC4)CC3)cc1C(Nc1cc(Cl)ccc1F)CC2. The van der Waals surface area contributed by atoms with Crippen molar-refractivity contribution in [3.8, 4) is 11.3 Å². The molecule has 1 unspecified atom stereocenters. The number of anilines is 1. The lowest BCUT2D eigenvalue weighted by atomic mass is 9.90. The molecular weight excluding hydrogens is 461 g/mol. The van der Waals surface area contributed by atoms with Crippen LogP contribution in [0, 0.1) is 12.7 Å². The van der Waals surface area contributed by atoms with Crippen LogP contribution in [-0.2, 0) is 6.54 Å². The first-order valence-corrected chi connectivity index (χ1v) is 13.1. The lowest BCUT2D eigenvalue weighted by molar-refractivity contribution is 0.219. The summed E-state index contributed by atoms with van der Waals surface area (Å²) in [6.45, 7) is 4.86. The number of benzene rings is 2. The number of halogens is 2. The third-order valence-corrected chi connectivity index (χ3v) is 8.16. The maximum atomic E-state index is 14.6. The van der Waals surface area contributed by atoms with Crippen molar-refractivity contribution in [2.75, 3.05) is 18.4 Å². The molecule has 0 radical (unpaired) electrons. The second-order valence-corrected chi connectivity index (χ2v) is 10.5. The molecule has 2 aliphatic heterocycles. The molecule has 1 aromatic heterocycles. The zero-order valence-electron chi connectivity index (χ0n) is 20.1. The van der Waals surface area contributed by atoms with E-state index in [9.17, 15) is 4.39 Å². The summed E-state index contributed by atoms with van der Waals surface area (Å²) in [6, 6.07) is 12.1. The molecular formula is C28H31ClFN5. The van der Waals surface area contributed by atoms with Crippen LogP contribution in [-0.4, -0.2) is 39.0 Å². The van der Waals surface area contributed by atoms with E-state index in [1.54, 1.807) is 12.1 Å². The summed E-state index contributed by atoms with van der Waals surface area (Å²) in [4.78, 5) is 2.65. The number of hydrogen-bond donors (Lipinski definition) is 1. The molecule has 1 fully saturated rings. The predicted molar refractivity (Wildman–Crippen MR) is 139 cm³/mol. The Kier molecular flexibility index (Phi) is 6.11. The van der Waals surface area contributed by atoms with Crippen LogP contribution in [0.5, 0.6) is 0 Å². The zero-order valence-corrected chi connectivity index (χ0v) is 20.9. The first-order valence-electron chi connectivity index (χ1n) is 12.8. The second kappa shape index (κ2) is 9.40. The molecule has 3 aromatic rings. The number of aryl methyl sites for hydroxylation is 2. The Morgan fingerprint density at radius 1 is 1.06 bits per heavy atom. The standard InChI is InChI=1S/C28H31ClFN5/c1-18-28-23-8-6-20(19-10-13-34(14-11-19)22-4-2-3-5-22)16-24(23)26(12-15-35(28)33-32-18)31-27-17-21(29)7-9-25(27)30/h6-10,16-17,22,26,31H,2-5,11-15H2,1H3. The van der Waals surface area contributed by atoms with Crippen LogP contribution < -0.4 is 5.32 Å². The molecule has 1 aliphatic carbocycles. The van der Waals surface area contributed by atoms with Gasteiger partial charge in [-0.2, -0.15) is 0 Å². The molecule has 0 amide bonds. The van der Waals surface area contributed by atoms with E-state index in [1.807, 2.05) is 11.6 Å². The van der Waals surface area contributed by atoms with E-state index in [2.05, 4.69) is 44.8 Å². The maximum absolute atomic E-state index is 14.6. The van der Waals surface area contributed by atoms with Crippen molar-refractivity contribution >= 4 is 22.9 Å². The minimum absolute atomic E-state index is 0.0711. The van der Waals surface area contributed by atoms with Gasteiger partial charge in [-0.15, -0.1) is 5.10 Å². The van der Waals surface area contributed by atoms with Gasteiger partial charge in [-0.25, -0.2) is 9.07 Å². The van der Waals surface area contributed by atoms with Gasteiger partial charge in [-0.3, -0.25) is 4.90 Å². The molecule has 3 aliphatic rings. The van der Waals surface area contributed by atoms with Crippen LogP contribution in [0.1, 0.15) is 61.4 Å². The van der Waals surface area contributed by atoms with Gasteiger partial charge in [0.15, 0.2) is 0 Å². The first kappa shape index (κ1) is 22.7. The van der Waals surface area contributed by atoms with Crippen LogP contribution in [0.2, 0.25) is 5.02 Å². The molecule has 0 spiro atoms. The van der Waals surface area contributed by atoms with E-state index in [0.717, 1.165) is 54.5 Å². The van der Waals surface area contributed by atoms with Gasteiger partial charge < -0.3 is 5.32 Å². The molecule has 0 saturated heterocycles. The van der Waals surface area contributed by atoms with Gasteiger partial charge in [0.05, 0.1) is 23.1 Å². The van der Waals surface area contributed by atoms with E-state index >= 15 is 0 Å². The van der Waals surface area contributed by atoms with Gasteiger partial charge in [0.2, 0.25) is 0 Å². The monoisotopic (exact) mass is 491 g/mol. The van der Waals surface area contributed by atoms with Crippen molar-refractivity contribution in [1.82, 2.24) is 19.9 Å². The van der Waals surface area contributed by atoms with Gasteiger partial charge in [0.1, 0.15) is 5.82 Å². The Bertz CT molecular complexity index is 1280. The van der Waals surface area contributed by atoms with Crippen molar-refractivity contribution in [3.05, 3.63) is 70.1 Å². The van der Waals surface area contributed by atoms with E-state index in [1.165, 1.54) is 42.9 Å². The van der Waals surface area contributed by atoms with Crippen LogP contribution in [0.4, 0.5) is 10.1 Å². The highest BCUT2D eigenvalue weighted by molar-refractivity contribution is 6.30. The third-order valence-electron chi connectivity index (χ3n) is 7.93. The Hall–Kier alpha value is -2.70. The summed E-state index contributed by atoms with van der Waals surface area (Å²) in [6.07, 6.45) is 9.68. The van der Waals surface area contributed by atoms with Gasteiger partial charge in [0.25, 0.3) is 0 Å². The highest BCUT2D eigenvalue weighted by Crippen LogP contribution is 2.39. The van der Waals surface area contributed by atoms with E-state index < -0.39 is 0 Å². The number of aromatic nitrogens is 3. The molecule has 35 heavy (non-hydrogen) atoms. The van der Waals surface area contributed by atoms with Crippen molar-refractivity contribution in [2.45, 2.75) is 64.1 Å². The number of hydrogen-bond acceptors (Lipinski definition) is 4. The Labute approximate surface area is 211 Å². The van der Waals surface area contributed by atoms with Crippen molar-refractivity contribution in [3.63, 3.8) is 0 Å². The fraction of sp³-hybridized carbons (Fsp3) is 0.429. The summed E-state index contributed by atoms with van der Waals surface area (Å²) in [5.74, 6) is -0.297. The van der Waals surface area contributed by atoms with Gasteiger partial charge in [-0.1, -0.05) is 47.9 Å². The molecule has 1 N–H and O–H groups in total. The normalized spacial score (nSPS) is 20.8. The summed E-state index contributed by atoms with van der Waals surface area (Å²) >= 11 is 6.19. The van der Waals surface area contributed by atoms with Crippen molar-refractivity contribution < 1.29 is 4.39 Å². The Balaban J connectivity index is 1.36. The minimum Gasteiger partial charge on any atom is -0.376 e. The number of fused-ring (bicyclic) bond motifs is 3. The number of nitrogens with one attached hydrogen (secondary N) is 1. The summed E-state index contributed by atoms with van der Waals surface area (Å²) < 4.78 is 16.6. The van der Waals surface area contributed by atoms with Crippen LogP contribution in [0.15, 0.2) is 42.5 Å². The Morgan fingerprint density at radius 2 is 1.91 bits per heavy atom. The number of nitrogens with zero attached hydrogens (tertiary/aromatic N) is 4. The number of rotatable bonds is 4.